The molecule has 1 heteroatoms. The van der Waals surface area contributed by atoms with Crippen molar-refractivity contribution in [3.63, 3.8) is 0 Å². The number of benzene rings is 1. The molecule has 0 spiro atoms. The predicted octanol–water partition coefficient (Wildman–Crippen LogP) is 6.98. The van der Waals surface area contributed by atoms with E-state index in [9.17, 15) is 0 Å². The molecule has 0 nitrogen and oxygen atoms in total. The summed E-state index contributed by atoms with van der Waals surface area (Å²) in [7, 11) is 0. The molecule has 0 saturated heterocycles. The average molecular weight is 417 g/mol. The second kappa shape index (κ2) is 12.7. The molecule has 0 aliphatic heterocycles. The van der Waals surface area contributed by atoms with Crippen LogP contribution in [0.3, 0.4) is 0 Å². The van der Waals surface area contributed by atoms with Crippen molar-refractivity contribution in [1.82, 2.24) is 0 Å². The van der Waals surface area contributed by atoms with Gasteiger partial charge in [0.15, 0.2) is 0 Å². The van der Waals surface area contributed by atoms with Crippen LogP contribution in [-0.2, 0) is 0 Å². The third-order valence-corrected chi connectivity index (χ3v) is 18.6. The standard InChI is InChI=1S/C10H7.3C4H9.Sn/c1-2-3-7-10-8-5-4-6-9-10;3*1-3-4-2;/h1-2,4-6,8-9H;3*1,3-4H2,2H3;. The van der Waals surface area contributed by atoms with Crippen LogP contribution in [0.4, 0.5) is 0 Å². The maximum atomic E-state index is 3.31. The second-order valence-corrected chi connectivity index (χ2v) is 19.7. The average Bonchev–Trinajstić information content (AvgIpc) is 2.60. The van der Waals surface area contributed by atoms with Crippen LogP contribution >= 0.6 is 0 Å². The van der Waals surface area contributed by atoms with Crippen LogP contribution in [-0.4, -0.2) is 18.4 Å². The molecule has 0 aromatic heterocycles. The van der Waals surface area contributed by atoms with E-state index >= 15 is 0 Å². The molecule has 0 N–H and O–H groups in total. The Morgan fingerprint density at radius 1 is 0.826 bits per heavy atom. The molecule has 1 aromatic rings. The quantitative estimate of drug-likeness (QED) is 0.285. The Balaban J connectivity index is 2.83. The van der Waals surface area contributed by atoms with Gasteiger partial charge in [-0.3, -0.25) is 0 Å². The van der Waals surface area contributed by atoms with Gasteiger partial charge in [0.25, 0.3) is 0 Å². The van der Waals surface area contributed by atoms with E-state index < -0.39 is 18.4 Å². The molecule has 0 radical (unpaired) electrons. The van der Waals surface area contributed by atoms with Gasteiger partial charge in [0.1, 0.15) is 0 Å². The summed E-state index contributed by atoms with van der Waals surface area (Å²) in [5, 5.41) is 0. The van der Waals surface area contributed by atoms with Crippen molar-refractivity contribution in [2.45, 2.75) is 72.6 Å². The van der Waals surface area contributed by atoms with Crippen LogP contribution in [0.5, 0.6) is 0 Å². The van der Waals surface area contributed by atoms with Gasteiger partial charge in [0.2, 0.25) is 0 Å². The van der Waals surface area contributed by atoms with E-state index in [1.165, 1.54) is 51.8 Å². The molecule has 0 atom stereocenters. The fourth-order valence-corrected chi connectivity index (χ4v) is 16.9. The summed E-state index contributed by atoms with van der Waals surface area (Å²) in [4.78, 5) is 0. The number of hydrogen-bond donors (Lipinski definition) is 0. The van der Waals surface area contributed by atoms with Gasteiger partial charge in [-0.05, 0) is 0 Å². The number of rotatable bonds is 10. The Hall–Kier alpha value is -0.681. The molecular formula is C22H34Sn. The minimum atomic E-state index is -2.12. The molecule has 0 aliphatic rings. The monoisotopic (exact) mass is 418 g/mol. The molecule has 126 valence electrons. The van der Waals surface area contributed by atoms with Crippen molar-refractivity contribution in [3.05, 3.63) is 46.1 Å². The van der Waals surface area contributed by atoms with Gasteiger partial charge in [-0.15, -0.1) is 0 Å². The van der Waals surface area contributed by atoms with Gasteiger partial charge < -0.3 is 0 Å². The first-order valence-electron chi connectivity index (χ1n) is 9.50. The molecule has 0 unspecified atom stereocenters. The van der Waals surface area contributed by atoms with Crippen LogP contribution in [0.2, 0.25) is 13.3 Å². The van der Waals surface area contributed by atoms with Crippen molar-refractivity contribution in [1.29, 1.82) is 0 Å². The van der Waals surface area contributed by atoms with Crippen molar-refractivity contribution >= 4 is 18.4 Å². The molecule has 0 aliphatic carbocycles. The fourth-order valence-electron chi connectivity index (χ4n) is 3.08. The summed E-state index contributed by atoms with van der Waals surface area (Å²) in [5.74, 6) is 6.59. The third-order valence-electron chi connectivity index (χ3n) is 4.60. The van der Waals surface area contributed by atoms with Gasteiger partial charge in [-0.2, -0.15) is 0 Å². The SMILES string of the molecule is CCC[CH2][Sn]([CH]=CC#Cc1ccccc1)([CH2]CCC)[CH2]CCC. The summed E-state index contributed by atoms with van der Waals surface area (Å²) in [5.41, 5.74) is 1.12. The van der Waals surface area contributed by atoms with Crippen LogP contribution < -0.4 is 0 Å². The summed E-state index contributed by atoms with van der Waals surface area (Å²) < 4.78 is 7.21. The normalized spacial score (nSPS) is 11.4. The fraction of sp³-hybridized carbons (Fsp3) is 0.545. The van der Waals surface area contributed by atoms with Crippen molar-refractivity contribution in [2.24, 2.45) is 0 Å². The molecule has 0 bridgehead atoms. The van der Waals surface area contributed by atoms with Gasteiger partial charge in [-0.25, -0.2) is 0 Å². The van der Waals surface area contributed by atoms with E-state index in [2.05, 4.69) is 67.0 Å². The number of allylic oxidation sites excluding steroid dienone is 1. The van der Waals surface area contributed by atoms with E-state index in [0.717, 1.165) is 5.56 Å². The third kappa shape index (κ3) is 8.66. The van der Waals surface area contributed by atoms with E-state index in [1.807, 2.05) is 6.07 Å². The molecule has 0 fully saturated rings. The zero-order chi connectivity index (χ0) is 16.8. The van der Waals surface area contributed by atoms with Crippen LogP contribution in [0.25, 0.3) is 0 Å². The van der Waals surface area contributed by atoms with E-state index in [4.69, 9.17) is 0 Å². The van der Waals surface area contributed by atoms with Crippen molar-refractivity contribution in [3.8, 4) is 11.8 Å². The van der Waals surface area contributed by atoms with E-state index in [0.29, 0.717) is 0 Å². The predicted molar refractivity (Wildman–Crippen MR) is 107 cm³/mol. The Morgan fingerprint density at radius 3 is 1.83 bits per heavy atom. The van der Waals surface area contributed by atoms with Crippen molar-refractivity contribution < 1.29 is 0 Å². The molecule has 0 amide bonds. The molecule has 0 heterocycles. The Kier molecular flexibility index (Phi) is 11.2. The summed E-state index contributed by atoms with van der Waals surface area (Å²) in [6.45, 7) is 6.99. The first-order valence-corrected chi connectivity index (χ1v) is 17.2. The van der Waals surface area contributed by atoms with Gasteiger partial charge in [0, 0.05) is 0 Å². The zero-order valence-corrected chi connectivity index (χ0v) is 18.3. The van der Waals surface area contributed by atoms with Crippen LogP contribution in [0.1, 0.15) is 64.9 Å². The summed E-state index contributed by atoms with van der Waals surface area (Å²) >= 11 is -2.12. The Bertz CT molecular complexity index is 468. The second-order valence-electron chi connectivity index (χ2n) is 6.64. The summed E-state index contributed by atoms with van der Waals surface area (Å²) in [6.07, 6.45) is 10.5. The van der Waals surface area contributed by atoms with E-state index in [-0.39, 0.29) is 0 Å². The molecule has 23 heavy (non-hydrogen) atoms. The molecule has 1 rings (SSSR count). The Labute approximate surface area is 148 Å². The Morgan fingerprint density at radius 2 is 1.35 bits per heavy atom. The molecule has 0 saturated carbocycles. The minimum absolute atomic E-state index is 1.12. The topological polar surface area (TPSA) is 0 Å². The van der Waals surface area contributed by atoms with Crippen LogP contribution in [0, 0.1) is 11.8 Å². The molecule has 1 aromatic carbocycles. The first-order chi connectivity index (χ1) is 11.3. The molecular weight excluding hydrogens is 383 g/mol. The zero-order valence-electron chi connectivity index (χ0n) is 15.4. The number of unbranched alkanes of at least 4 members (excludes halogenated alkanes) is 3. The van der Waals surface area contributed by atoms with Gasteiger partial charge in [0.05, 0.1) is 0 Å². The van der Waals surface area contributed by atoms with E-state index in [1.54, 1.807) is 0 Å². The van der Waals surface area contributed by atoms with Crippen molar-refractivity contribution in [2.75, 3.05) is 0 Å². The summed E-state index contributed by atoms with van der Waals surface area (Å²) in [6, 6.07) is 10.3. The first kappa shape index (κ1) is 20.4. The maximum absolute atomic E-state index is 3.31. The van der Waals surface area contributed by atoms with Crippen LogP contribution in [0.15, 0.2) is 40.5 Å². The van der Waals surface area contributed by atoms with Gasteiger partial charge in [-0.1, -0.05) is 0 Å². The number of hydrogen-bond acceptors (Lipinski definition) is 0. The van der Waals surface area contributed by atoms with Gasteiger partial charge >= 0.3 is 149 Å².